The van der Waals surface area contributed by atoms with Gasteiger partial charge < -0.3 is 19.7 Å². The molecule has 0 aliphatic carbocycles. The van der Waals surface area contributed by atoms with E-state index in [1.54, 1.807) is 47.5 Å². The number of pyridine rings is 1. The molecule has 36 heavy (non-hydrogen) atoms. The van der Waals surface area contributed by atoms with Crippen molar-refractivity contribution < 1.29 is 23.9 Å². The number of rotatable bonds is 8. The minimum Gasteiger partial charge on any atom is -0.469 e. The van der Waals surface area contributed by atoms with Crippen LogP contribution in [0, 0.1) is 5.41 Å². The second kappa shape index (κ2) is 11.7. The molecule has 2 aliphatic heterocycles. The predicted molar refractivity (Wildman–Crippen MR) is 132 cm³/mol. The van der Waals surface area contributed by atoms with Crippen LogP contribution in [0.15, 0.2) is 48.8 Å². The number of amidine groups is 1. The first kappa shape index (κ1) is 25.3. The number of benzene rings is 1. The van der Waals surface area contributed by atoms with Crippen molar-refractivity contribution in [2.24, 2.45) is 0 Å². The van der Waals surface area contributed by atoms with E-state index in [4.69, 9.17) is 14.9 Å². The van der Waals surface area contributed by atoms with E-state index in [9.17, 15) is 14.4 Å². The van der Waals surface area contributed by atoms with Gasteiger partial charge in [-0.25, -0.2) is 4.79 Å². The van der Waals surface area contributed by atoms with Crippen LogP contribution in [-0.4, -0.2) is 97.6 Å². The molecule has 2 amide bonds. The fourth-order valence-corrected chi connectivity index (χ4v) is 4.23. The molecule has 0 bridgehead atoms. The number of methoxy groups -OCH3 is 1. The number of piperazine rings is 1. The Kier molecular flexibility index (Phi) is 8.24. The zero-order chi connectivity index (χ0) is 25.5. The second-order valence-electron chi connectivity index (χ2n) is 8.70. The maximum absolute atomic E-state index is 12.5. The van der Waals surface area contributed by atoms with Gasteiger partial charge in [0.1, 0.15) is 11.9 Å². The SMILES string of the molecule is COC(=O)CCN1CCN(CC2CN(c3ccc(C(=N)NC(=O)c4cccnc4)cc3)C(=O)O2)CC1. The topological polar surface area (TPSA) is 128 Å². The Morgan fingerprint density at radius 2 is 1.83 bits per heavy atom. The lowest BCUT2D eigenvalue weighted by Crippen LogP contribution is -2.49. The Labute approximate surface area is 209 Å². The molecular weight excluding hydrogens is 464 g/mol. The van der Waals surface area contributed by atoms with Gasteiger partial charge in [-0.2, -0.15) is 0 Å². The first-order chi connectivity index (χ1) is 17.4. The highest BCUT2D eigenvalue weighted by molar-refractivity contribution is 6.11. The summed E-state index contributed by atoms with van der Waals surface area (Å²) in [5.41, 5.74) is 1.56. The molecule has 1 atom stereocenters. The molecule has 1 unspecified atom stereocenters. The van der Waals surface area contributed by atoms with Crippen LogP contribution < -0.4 is 10.2 Å². The van der Waals surface area contributed by atoms with E-state index >= 15 is 0 Å². The summed E-state index contributed by atoms with van der Waals surface area (Å²) in [5.74, 6) is -0.648. The summed E-state index contributed by atoms with van der Waals surface area (Å²) >= 11 is 0. The minimum atomic E-state index is -0.410. The maximum Gasteiger partial charge on any atom is 0.414 e. The number of hydrogen-bond donors (Lipinski definition) is 2. The molecule has 11 heteroatoms. The van der Waals surface area contributed by atoms with Crippen LogP contribution in [-0.2, 0) is 14.3 Å². The van der Waals surface area contributed by atoms with Crippen LogP contribution in [0.5, 0.6) is 0 Å². The lowest BCUT2D eigenvalue weighted by atomic mass is 10.1. The summed E-state index contributed by atoms with van der Waals surface area (Å²) in [4.78, 5) is 46.1. The van der Waals surface area contributed by atoms with Crippen molar-refractivity contribution in [2.45, 2.75) is 12.5 Å². The van der Waals surface area contributed by atoms with Crippen molar-refractivity contribution in [3.8, 4) is 0 Å². The smallest absolute Gasteiger partial charge is 0.414 e. The number of ether oxygens (including phenoxy) is 2. The van der Waals surface area contributed by atoms with Gasteiger partial charge >= 0.3 is 12.1 Å². The molecule has 2 N–H and O–H groups in total. The number of carbonyl (C=O) groups excluding carboxylic acids is 3. The molecule has 3 heterocycles. The van der Waals surface area contributed by atoms with Crippen LogP contribution in [0.3, 0.4) is 0 Å². The maximum atomic E-state index is 12.5. The van der Waals surface area contributed by atoms with Gasteiger partial charge in [0, 0.05) is 62.9 Å². The summed E-state index contributed by atoms with van der Waals surface area (Å²) in [6.07, 6.45) is 2.76. The molecule has 190 valence electrons. The number of hydrogen-bond acceptors (Lipinski definition) is 9. The van der Waals surface area contributed by atoms with Gasteiger partial charge in [-0.05, 0) is 36.4 Å². The molecule has 2 aromatic rings. The van der Waals surface area contributed by atoms with Gasteiger partial charge in [0.05, 0.1) is 25.6 Å². The first-order valence-corrected chi connectivity index (χ1v) is 11.8. The van der Waals surface area contributed by atoms with E-state index in [-0.39, 0.29) is 17.9 Å². The molecule has 2 fully saturated rings. The standard InChI is InChI=1S/C25H30N6O5/c1-35-22(32)8-10-29-11-13-30(14-12-29)16-21-17-31(25(34)36-21)20-6-4-18(5-7-20)23(26)28-24(33)19-3-2-9-27-15-19/h2-7,9,15,21H,8,10-14,16-17H2,1H3,(H2,26,28,33). The van der Waals surface area contributed by atoms with Crippen molar-refractivity contribution in [1.29, 1.82) is 5.41 Å². The fourth-order valence-electron chi connectivity index (χ4n) is 4.23. The normalized spacial score (nSPS) is 18.5. The molecule has 2 aliphatic rings. The largest absolute Gasteiger partial charge is 0.469 e. The number of esters is 1. The van der Waals surface area contributed by atoms with Crippen molar-refractivity contribution in [3.05, 3.63) is 59.9 Å². The molecule has 1 aromatic carbocycles. The molecule has 1 aromatic heterocycles. The highest BCUT2D eigenvalue weighted by atomic mass is 16.6. The van der Waals surface area contributed by atoms with Crippen LogP contribution in [0.25, 0.3) is 0 Å². The molecule has 0 saturated carbocycles. The summed E-state index contributed by atoms with van der Waals surface area (Å²) in [5, 5.41) is 10.7. The Morgan fingerprint density at radius 3 is 2.50 bits per heavy atom. The van der Waals surface area contributed by atoms with E-state index in [0.29, 0.717) is 42.9 Å². The van der Waals surface area contributed by atoms with Crippen molar-refractivity contribution in [2.75, 3.05) is 57.8 Å². The molecule has 0 spiro atoms. The molecule has 4 rings (SSSR count). The molecular formula is C25H30N6O5. The summed E-state index contributed by atoms with van der Waals surface area (Å²) in [6, 6.07) is 10.1. The number of nitrogens with one attached hydrogen (secondary N) is 2. The lowest BCUT2D eigenvalue weighted by Gasteiger charge is -2.35. The van der Waals surface area contributed by atoms with Crippen molar-refractivity contribution in [1.82, 2.24) is 20.1 Å². The molecule has 11 nitrogen and oxygen atoms in total. The van der Waals surface area contributed by atoms with Gasteiger partial charge in [-0.1, -0.05) is 0 Å². The lowest BCUT2D eigenvalue weighted by molar-refractivity contribution is -0.141. The van der Waals surface area contributed by atoms with E-state index < -0.39 is 12.0 Å². The van der Waals surface area contributed by atoms with Crippen LogP contribution in [0.4, 0.5) is 10.5 Å². The minimum absolute atomic E-state index is 0.0389. The second-order valence-corrected chi connectivity index (χ2v) is 8.70. The number of cyclic esters (lactones) is 1. The van der Waals surface area contributed by atoms with Gasteiger partial charge in [-0.15, -0.1) is 0 Å². The van der Waals surface area contributed by atoms with Gasteiger partial charge in [0.2, 0.25) is 0 Å². The third-order valence-corrected chi connectivity index (χ3v) is 6.29. The number of aromatic nitrogens is 1. The summed E-state index contributed by atoms with van der Waals surface area (Å²) in [6.45, 7) is 5.17. The predicted octanol–water partition coefficient (Wildman–Crippen LogP) is 1.34. The van der Waals surface area contributed by atoms with Gasteiger partial charge in [0.15, 0.2) is 0 Å². The van der Waals surface area contributed by atoms with E-state index in [1.165, 1.54) is 13.3 Å². The van der Waals surface area contributed by atoms with Gasteiger partial charge in [-0.3, -0.25) is 29.8 Å². The highest BCUT2D eigenvalue weighted by Gasteiger charge is 2.34. The third kappa shape index (κ3) is 6.43. The highest BCUT2D eigenvalue weighted by Crippen LogP contribution is 2.23. The van der Waals surface area contributed by atoms with Crippen LogP contribution >= 0.6 is 0 Å². The number of carbonyl (C=O) groups is 3. The summed E-state index contributed by atoms with van der Waals surface area (Å²) in [7, 11) is 1.40. The van der Waals surface area contributed by atoms with Crippen molar-refractivity contribution in [3.63, 3.8) is 0 Å². The Hall–Kier alpha value is -3.83. The Bertz CT molecular complexity index is 1090. The van der Waals surface area contributed by atoms with E-state index in [0.717, 1.165) is 26.2 Å². The quantitative estimate of drug-likeness (QED) is 0.320. The molecule has 0 radical (unpaired) electrons. The monoisotopic (exact) mass is 494 g/mol. The zero-order valence-electron chi connectivity index (χ0n) is 20.2. The number of nitrogens with zero attached hydrogens (tertiary/aromatic N) is 4. The van der Waals surface area contributed by atoms with Crippen LogP contribution in [0.2, 0.25) is 0 Å². The Balaban J connectivity index is 1.25. The Morgan fingerprint density at radius 1 is 1.11 bits per heavy atom. The average molecular weight is 495 g/mol. The third-order valence-electron chi connectivity index (χ3n) is 6.29. The van der Waals surface area contributed by atoms with Gasteiger partial charge in [0.25, 0.3) is 5.91 Å². The summed E-state index contributed by atoms with van der Waals surface area (Å²) < 4.78 is 10.3. The van der Waals surface area contributed by atoms with E-state index in [2.05, 4.69) is 20.1 Å². The van der Waals surface area contributed by atoms with Crippen molar-refractivity contribution >= 4 is 29.5 Å². The van der Waals surface area contributed by atoms with Crippen LogP contribution in [0.1, 0.15) is 22.3 Å². The van der Waals surface area contributed by atoms with E-state index in [1.807, 2.05) is 0 Å². The first-order valence-electron chi connectivity index (χ1n) is 11.8. The molecule has 2 saturated heterocycles. The fraction of sp³-hybridized carbons (Fsp3) is 0.400. The zero-order valence-corrected chi connectivity index (χ0v) is 20.2. The number of anilines is 1. The number of amides is 2. The average Bonchev–Trinajstić information content (AvgIpc) is 3.28.